The molecule has 22 heavy (non-hydrogen) atoms. The number of hydrogen-bond donors (Lipinski definition) is 0. The fourth-order valence-corrected chi connectivity index (χ4v) is 3.98. The maximum absolute atomic E-state index is 12.7. The number of carbonyl (C=O) groups excluding carboxylic acids is 1. The summed E-state index contributed by atoms with van der Waals surface area (Å²) in [5, 5.41) is 0.988. The van der Waals surface area contributed by atoms with Crippen LogP contribution in [-0.4, -0.2) is 42.4 Å². The lowest BCUT2D eigenvalue weighted by molar-refractivity contribution is -0.134. The zero-order valence-corrected chi connectivity index (χ0v) is 14.1. The number of ether oxygens (including phenoxy) is 1. The van der Waals surface area contributed by atoms with Crippen molar-refractivity contribution in [2.24, 2.45) is 4.99 Å². The van der Waals surface area contributed by atoms with E-state index in [0.29, 0.717) is 21.3 Å². The molecule has 118 valence electrons. The Morgan fingerprint density at radius 3 is 2.59 bits per heavy atom. The topological polar surface area (TPSA) is 41.9 Å². The van der Waals surface area contributed by atoms with Crippen molar-refractivity contribution in [2.45, 2.75) is 37.5 Å². The minimum atomic E-state index is -0.603. The second kappa shape index (κ2) is 5.84. The first-order valence-corrected chi connectivity index (χ1v) is 8.11. The summed E-state index contributed by atoms with van der Waals surface area (Å²) in [6.07, 6.45) is 3.76. The number of methoxy groups -OCH3 is 1. The van der Waals surface area contributed by atoms with Gasteiger partial charge in [-0.05, 0) is 37.5 Å². The van der Waals surface area contributed by atoms with E-state index < -0.39 is 5.66 Å². The molecule has 1 fully saturated rings. The minimum Gasteiger partial charge on any atom is -0.377 e. The van der Waals surface area contributed by atoms with Crippen LogP contribution in [0.25, 0.3) is 0 Å². The molecular weight excluding hydrogens is 323 g/mol. The van der Waals surface area contributed by atoms with Crippen LogP contribution in [0.15, 0.2) is 23.2 Å². The van der Waals surface area contributed by atoms with Crippen LogP contribution >= 0.6 is 23.2 Å². The summed E-state index contributed by atoms with van der Waals surface area (Å²) in [4.78, 5) is 19.2. The molecule has 0 N–H and O–H groups in total. The van der Waals surface area contributed by atoms with Crippen LogP contribution < -0.4 is 0 Å². The van der Waals surface area contributed by atoms with Crippen molar-refractivity contribution >= 4 is 34.8 Å². The van der Waals surface area contributed by atoms with Crippen LogP contribution in [0.5, 0.6) is 0 Å². The molecule has 2 atom stereocenters. The van der Waals surface area contributed by atoms with Gasteiger partial charge in [-0.25, -0.2) is 4.99 Å². The predicted octanol–water partition coefficient (Wildman–Crippen LogP) is 3.54. The van der Waals surface area contributed by atoms with Crippen molar-refractivity contribution in [3.05, 3.63) is 33.8 Å². The second-order valence-electron chi connectivity index (χ2n) is 5.83. The molecule has 1 aliphatic heterocycles. The number of halogens is 2. The summed E-state index contributed by atoms with van der Waals surface area (Å²) in [5.74, 6) is -0.109. The lowest BCUT2D eigenvalue weighted by Crippen LogP contribution is -2.54. The van der Waals surface area contributed by atoms with Gasteiger partial charge in [0.1, 0.15) is 11.8 Å². The molecule has 1 saturated carbocycles. The standard InChI is InChI=1S/C16H18Cl2N2O2/c1-20-15(21)14(10-7-11(17)9-12(18)8-10)19-16(20)6-4-3-5-13(16)22-2/h7-9,13H,3-6H2,1-2H3. The predicted molar refractivity (Wildman–Crippen MR) is 87.8 cm³/mol. The molecule has 0 radical (unpaired) electrons. The zero-order valence-electron chi connectivity index (χ0n) is 12.6. The number of aliphatic imine (C=N–C) groups is 1. The largest absolute Gasteiger partial charge is 0.377 e. The summed E-state index contributed by atoms with van der Waals surface area (Å²) < 4.78 is 5.63. The lowest BCUT2D eigenvalue weighted by atomic mass is 9.86. The molecule has 0 aromatic heterocycles. The van der Waals surface area contributed by atoms with Gasteiger partial charge in [-0.3, -0.25) is 4.79 Å². The van der Waals surface area contributed by atoms with Crippen LogP contribution in [0.4, 0.5) is 0 Å². The maximum atomic E-state index is 12.7. The molecule has 1 aromatic rings. The van der Waals surface area contributed by atoms with E-state index in [-0.39, 0.29) is 12.0 Å². The number of likely N-dealkylation sites (N-methyl/N-ethyl adjacent to an activating group) is 1. The fraction of sp³-hybridized carbons (Fsp3) is 0.500. The van der Waals surface area contributed by atoms with Crippen LogP contribution in [-0.2, 0) is 9.53 Å². The van der Waals surface area contributed by atoms with Crippen molar-refractivity contribution in [3.8, 4) is 0 Å². The summed E-state index contributed by atoms with van der Waals surface area (Å²) in [6, 6.07) is 5.09. The number of hydrogen-bond acceptors (Lipinski definition) is 3. The van der Waals surface area contributed by atoms with Gasteiger partial charge in [0.15, 0.2) is 5.66 Å². The fourth-order valence-electron chi connectivity index (χ4n) is 3.45. The average Bonchev–Trinajstić information content (AvgIpc) is 2.73. The molecule has 1 spiro atoms. The number of nitrogens with zero attached hydrogens (tertiary/aromatic N) is 2. The first-order valence-electron chi connectivity index (χ1n) is 7.35. The van der Waals surface area contributed by atoms with Crippen LogP contribution in [0.2, 0.25) is 10.0 Å². The smallest absolute Gasteiger partial charge is 0.274 e. The molecule has 1 aliphatic carbocycles. The van der Waals surface area contributed by atoms with Gasteiger partial charge in [0, 0.05) is 29.8 Å². The van der Waals surface area contributed by atoms with E-state index in [0.717, 1.165) is 25.7 Å². The van der Waals surface area contributed by atoms with Crippen LogP contribution in [0.3, 0.4) is 0 Å². The SMILES string of the molecule is COC1CCCCC12N=C(c1cc(Cl)cc(Cl)c1)C(=O)N2C. The molecule has 0 saturated heterocycles. The third-order valence-electron chi connectivity index (χ3n) is 4.59. The van der Waals surface area contributed by atoms with E-state index in [9.17, 15) is 4.79 Å². The number of amides is 1. The Hall–Kier alpha value is -1.10. The monoisotopic (exact) mass is 340 g/mol. The number of benzene rings is 1. The van der Waals surface area contributed by atoms with Gasteiger partial charge in [0.25, 0.3) is 5.91 Å². The first-order chi connectivity index (χ1) is 10.5. The number of carbonyl (C=O) groups is 1. The van der Waals surface area contributed by atoms with Crippen molar-refractivity contribution in [2.75, 3.05) is 14.2 Å². The molecule has 2 unspecified atom stereocenters. The molecule has 0 bridgehead atoms. The maximum Gasteiger partial charge on any atom is 0.274 e. The molecule has 1 amide bonds. The van der Waals surface area contributed by atoms with Crippen molar-refractivity contribution in [3.63, 3.8) is 0 Å². The molecule has 1 heterocycles. The average molecular weight is 341 g/mol. The second-order valence-corrected chi connectivity index (χ2v) is 6.70. The Bertz CT molecular complexity index is 627. The highest BCUT2D eigenvalue weighted by Crippen LogP contribution is 2.40. The first kappa shape index (κ1) is 15.8. The summed E-state index contributed by atoms with van der Waals surface area (Å²) in [5.41, 5.74) is 0.469. The van der Waals surface area contributed by atoms with Gasteiger partial charge in [0.05, 0.1) is 0 Å². The molecule has 1 aromatic carbocycles. The van der Waals surface area contributed by atoms with Gasteiger partial charge in [-0.15, -0.1) is 0 Å². The van der Waals surface area contributed by atoms with Gasteiger partial charge in [0.2, 0.25) is 0 Å². The summed E-state index contributed by atoms with van der Waals surface area (Å²) >= 11 is 12.1. The van der Waals surface area contributed by atoms with Gasteiger partial charge in [-0.1, -0.05) is 29.6 Å². The lowest BCUT2D eigenvalue weighted by Gasteiger charge is -2.42. The Balaban J connectivity index is 2.08. The zero-order chi connectivity index (χ0) is 15.9. The molecule has 3 rings (SSSR count). The third kappa shape index (κ3) is 2.43. The van der Waals surface area contributed by atoms with E-state index >= 15 is 0 Å². The highest BCUT2D eigenvalue weighted by atomic mass is 35.5. The van der Waals surface area contributed by atoms with Crippen molar-refractivity contribution in [1.82, 2.24) is 4.90 Å². The van der Waals surface area contributed by atoms with Gasteiger partial charge in [-0.2, -0.15) is 0 Å². The highest BCUT2D eigenvalue weighted by Gasteiger charge is 2.51. The highest BCUT2D eigenvalue weighted by molar-refractivity contribution is 6.47. The van der Waals surface area contributed by atoms with Gasteiger partial charge < -0.3 is 9.64 Å². The quantitative estimate of drug-likeness (QED) is 0.826. The molecule has 2 aliphatic rings. The normalized spacial score (nSPS) is 28.4. The van der Waals surface area contributed by atoms with E-state index in [4.69, 9.17) is 32.9 Å². The van der Waals surface area contributed by atoms with E-state index in [1.807, 2.05) is 0 Å². The van der Waals surface area contributed by atoms with E-state index in [1.54, 1.807) is 37.3 Å². The van der Waals surface area contributed by atoms with Crippen LogP contribution in [0.1, 0.15) is 31.2 Å². The van der Waals surface area contributed by atoms with Crippen molar-refractivity contribution < 1.29 is 9.53 Å². The Kier molecular flexibility index (Phi) is 4.19. The van der Waals surface area contributed by atoms with Crippen LogP contribution in [0, 0.1) is 0 Å². The van der Waals surface area contributed by atoms with Crippen molar-refractivity contribution in [1.29, 1.82) is 0 Å². The summed E-state index contributed by atoms with van der Waals surface area (Å²) in [7, 11) is 3.47. The van der Waals surface area contributed by atoms with E-state index in [1.165, 1.54) is 0 Å². The Labute approximate surface area is 140 Å². The molecule has 6 heteroatoms. The van der Waals surface area contributed by atoms with Gasteiger partial charge >= 0.3 is 0 Å². The number of rotatable bonds is 2. The third-order valence-corrected chi connectivity index (χ3v) is 5.03. The minimum absolute atomic E-state index is 0.0812. The molecular formula is C16H18Cl2N2O2. The summed E-state index contributed by atoms with van der Waals surface area (Å²) in [6.45, 7) is 0. The van der Waals surface area contributed by atoms with E-state index in [2.05, 4.69) is 0 Å². The molecule has 4 nitrogen and oxygen atoms in total. The Morgan fingerprint density at radius 2 is 1.95 bits per heavy atom. The Morgan fingerprint density at radius 1 is 1.27 bits per heavy atom.